The second-order valence-electron chi connectivity index (χ2n) is 5.19. The van der Waals surface area contributed by atoms with Gasteiger partial charge in [-0.25, -0.2) is 4.79 Å². The van der Waals surface area contributed by atoms with Gasteiger partial charge in [0.15, 0.2) is 0 Å². The van der Waals surface area contributed by atoms with Crippen LogP contribution in [0.2, 0.25) is 0 Å². The number of benzene rings is 3. The predicted octanol–water partition coefficient (Wildman–Crippen LogP) is 4.77. The van der Waals surface area contributed by atoms with Gasteiger partial charge in [0.05, 0.1) is 0 Å². The van der Waals surface area contributed by atoms with Crippen LogP contribution in [0.3, 0.4) is 0 Å². The highest BCUT2D eigenvalue weighted by molar-refractivity contribution is 5.99. The van der Waals surface area contributed by atoms with Crippen LogP contribution in [-0.2, 0) is 16.1 Å². The van der Waals surface area contributed by atoms with Gasteiger partial charge in [0.1, 0.15) is 6.61 Å². The molecular formula is C19H19NO2. The Balaban J connectivity index is 0.00000176. The summed E-state index contributed by atoms with van der Waals surface area (Å²) in [6, 6.07) is 18.6. The number of ether oxygens (including phenoxy) is 1. The van der Waals surface area contributed by atoms with E-state index in [1.54, 1.807) is 6.92 Å². The molecule has 0 radical (unpaired) electrons. The average Bonchev–Trinajstić information content (AvgIpc) is 2.50. The van der Waals surface area contributed by atoms with E-state index in [2.05, 4.69) is 36.9 Å². The summed E-state index contributed by atoms with van der Waals surface area (Å²) >= 11 is 0. The smallest absolute Gasteiger partial charge is 0.333 e. The summed E-state index contributed by atoms with van der Waals surface area (Å²) in [6.07, 6.45) is 0. The molecule has 0 fully saturated rings. The van der Waals surface area contributed by atoms with E-state index >= 15 is 0 Å². The lowest BCUT2D eigenvalue weighted by Crippen LogP contribution is -2.05. The quantitative estimate of drug-likeness (QED) is 0.429. The maximum atomic E-state index is 11.5. The van der Waals surface area contributed by atoms with Crippen LogP contribution in [0.4, 0.5) is 0 Å². The highest BCUT2D eigenvalue weighted by Gasteiger charge is 2.07. The van der Waals surface area contributed by atoms with Crippen LogP contribution in [0.1, 0.15) is 12.5 Å². The first-order chi connectivity index (χ1) is 10.1. The van der Waals surface area contributed by atoms with E-state index in [4.69, 9.17) is 4.74 Å². The molecule has 3 nitrogen and oxygen atoms in total. The van der Waals surface area contributed by atoms with Crippen LogP contribution in [-0.4, -0.2) is 5.97 Å². The topological polar surface area (TPSA) is 61.3 Å². The summed E-state index contributed by atoms with van der Waals surface area (Å²) in [5.74, 6) is -0.354. The summed E-state index contributed by atoms with van der Waals surface area (Å²) in [6.45, 7) is 5.51. The van der Waals surface area contributed by atoms with Gasteiger partial charge < -0.3 is 10.9 Å². The van der Waals surface area contributed by atoms with E-state index in [0.29, 0.717) is 5.57 Å². The predicted molar refractivity (Wildman–Crippen MR) is 91.1 cm³/mol. The molecule has 3 heteroatoms. The van der Waals surface area contributed by atoms with Crippen LogP contribution in [0.25, 0.3) is 21.5 Å². The molecule has 3 aromatic rings. The molecule has 0 unspecified atom stereocenters. The van der Waals surface area contributed by atoms with Crippen molar-refractivity contribution in [2.75, 3.05) is 0 Å². The zero-order chi connectivity index (χ0) is 14.8. The minimum Gasteiger partial charge on any atom is -0.457 e. The van der Waals surface area contributed by atoms with Gasteiger partial charge >= 0.3 is 5.97 Å². The van der Waals surface area contributed by atoms with Crippen molar-refractivity contribution in [1.29, 1.82) is 0 Å². The van der Waals surface area contributed by atoms with Crippen LogP contribution >= 0.6 is 0 Å². The van der Waals surface area contributed by atoms with Gasteiger partial charge in [0, 0.05) is 5.57 Å². The maximum Gasteiger partial charge on any atom is 0.333 e. The third-order valence-corrected chi connectivity index (χ3v) is 3.54. The molecule has 3 aromatic carbocycles. The first-order valence-electron chi connectivity index (χ1n) is 6.88. The average molecular weight is 293 g/mol. The molecule has 0 heterocycles. The normalized spacial score (nSPS) is 10.2. The van der Waals surface area contributed by atoms with Gasteiger partial charge in [-0.15, -0.1) is 0 Å². The minimum absolute atomic E-state index is 0. The molecule has 0 bridgehead atoms. The molecule has 0 aromatic heterocycles. The van der Waals surface area contributed by atoms with Crippen molar-refractivity contribution in [3.63, 3.8) is 0 Å². The molecule has 0 amide bonds. The van der Waals surface area contributed by atoms with Crippen molar-refractivity contribution >= 4 is 27.5 Å². The monoisotopic (exact) mass is 293 g/mol. The van der Waals surface area contributed by atoms with E-state index in [-0.39, 0.29) is 18.7 Å². The number of carbonyl (C=O) groups is 1. The molecule has 22 heavy (non-hydrogen) atoms. The van der Waals surface area contributed by atoms with Crippen LogP contribution in [0, 0.1) is 0 Å². The maximum absolute atomic E-state index is 11.5. The van der Waals surface area contributed by atoms with E-state index < -0.39 is 0 Å². The van der Waals surface area contributed by atoms with E-state index in [1.807, 2.05) is 24.3 Å². The Labute approximate surface area is 129 Å². The van der Waals surface area contributed by atoms with Crippen LogP contribution in [0.15, 0.2) is 66.7 Å². The summed E-state index contributed by atoms with van der Waals surface area (Å²) < 4.78 is 5.27. The summed E-state index contributed by atoms with van der Waals surface area (Å²) in [5, 5.41) is 4.66. The molecule has 0 saturated carbocycles. The second kappa shape index (κ2) is 6.41. The molecule has 0 spiro atoms. The molecule has 0 aliphatic heterocycles. The number of rotatable bonds is 3. The highest BCUT2D eigenvalue weighted by Crippen LogP contribution is 2.26. The number of esters is 1. The number of hydrogen-bond donors (Lipinski definition) is 1. The molecule has 3 rings (SSSR count). The van der Waals surface area contributed by atoms with Crippen molar-refractivity contribution < 1.29 is 9.53 Å². The molecule has 0 aliphatic rings. The minimum atomic E-state index is -0.354. The van der Waals surface area contributed by atoms with Crippen molar-refractivity contribution in [3.05, 3.63) is 72.3 Å². The number of fused-ring (bicyclic) bond motifs is 2. The van der Waals surface area contributed by atoms with E-state index in [0.717, 1.165) is 16.3 Å². The van der Waals surface area contributed by atoms with Crippen molar-refractivity contribution in [1.82, 2.24) is 6.15 Å². The van der Waals surface area contributed by atoms with E-state index in [1.165, 1.54) is 10.8 Å². The zero-order valence-corrected chi connectivity index (χ0v) is 12.6. The lowest BCUT2D eigenvalue weighted by atomic mass is 10.00. The zero-order valence-electron chi connectivity index (χ0n) is 12.6. The van der Waals surface area contributed by atoms with Crippen molar-refractivity contribution in [2.45, 2.75) is 13.5 Å². The van der Waals surface area contributed by atoms with Gasteiger partial charge in [-0.2, -0.15) is 0 Å². The fourth-order valence-electron chi connectivity index (χ4n) is 2.42. The van der Waals surface area contributed by atoms with Gasteiger partial charge in [-0.3, -0.25) is 0 Å². The Hall–Kier alpha value is -2.65. The fourth-order valence-corrected chi connectivity index (χ4v) is 2.42. The molecular weight excluding hydrogens is 274 g/mol. The largest absolute Gasteiger partial charge is 0.457 e. The third-order valence-electron chi connectivity index (χ3n) is 3.54. The SMILES string of the molecule is C=C(C)C(=O)OCc1cccc2cc3ccccc3cc12.N. The van der Waals surface area contributed by atoms with Gasteiger partial charge in [-0.1, -0.05) is 49.0 Å². The summed E-state index contributed by atoms with van der Waals surface area (Å²) in [7, 11) is 0. The number of carbonyl (C=O) groups excluding carboxylic acids is 1. The lowest BCUT2D eigenvalue weighted by Gasteiger charge is -2.09. The van der Waals surface area contributed by atoms with Gasteiger partial charge in [0.2, 0.25) is 0 Å². The molecule has 0 saturated heterocycles. The number of hydrogen-bond acceptors (Lipinski definition) is 3. The van der Waals surface area contributed by atoms with Gasteiger partial charge in [-0.05, 0) is 46.2 Å². The molecule has 112 valence electrons. The lowest BCUT2D eigenvalue weighted by molar-refractivity contribution is -0.140. The fraction of sp³-hybridized carbons (Fsp3) is 0.105. The van der Waals surface area contributed by atoms with E-state index in [9.17, 15) is 4.79 Å². The van der Waals surface area contributed by atoms with Crippen LogP contribution < -0.4 is 6.15 Å². The summed E-state index contributed by atoms with van der Waals surface area (Å²) in [4.78, 5) is 11.5. The molecule has 0 aliphatic carbocycles. The standard InChI is InChI=1S/C19H16O2.H3N/c1-13(2)19(20)21-12-17-9-5-8-16-10-14-6-3-4-7-15(14)11-18(16)17;/h3-11H,1,12H2,2H3;1H3. The first kappa shape index (κ1) is 15.7. The van der Waals surface area contributed by atoms with Crippen LogP contribution in [0.5, 0.6) is 0 Å². The van der Waals surface area contributed by atoms with Gasteiger partial charge in [0.25, 0.3) is 0 Å². The molecule has 0 atom stereocenters. The highest BCUT2D eigenvalue weighted by atomic mass is 16.5. The molecule has 3 N–H and O–H groups in total. The third kappa shape index (κ3) is 3.00. The summed E-state index contributed by atoms with van der Waals surface area (Å²) in [5.41, 5.74) is 1.42. The first-order valence-corrected chi connectivity index (χ1v) is 6.88. The Morgan fingerprint density at radius 3 is 2.32 bits per heavy atom. The second-order valence-corrected chi connectivity index (χ2v) is 5.19. The Bertz CT molecular complexity index is 852. The van der Waals surface area contributed by atoms with Crippen molar-refractivity contribution in [2.24, 2.45) is 0 Å². The van der Waals surface area contributed by atoms with Crippen molar-refractivity contribution in [3.8, 4) is 0 Å². The Morgan fingerprint density at radius 1 is 1.00 bits per heavy atom. The Morgan fingerprint density at radius 2 is 1.64 bits per heavy atom. The Kier molecular flexibility index (Phi) is 4.59.